The van der Waals surface area contributed by atoms with Gasteiger partial charge >= 0.3 is 0 Å². The molecule has 0 radical (unpaired) electrons. The molecule has 0 aliphatic heterocycles. The molecule has 26 heavy (non-hydrogen) atoms. The molecule has 1 N–H and O–H groups in total. The van der Waals surface area contributed by atoms with Crippen LogP contribution in [0.5, 0.6) is 11.5 Å². The van der Waals surface area contributed by atoms with Gasteiger partial charge in [0.1, 0.15) is 11.5 Å². The smallest absolute Gasteiger partial charge is 0.224 e. The van der Waals surface area contributed by atoms with Gasteiger partial charge in [-0.1, -0.05) is 18.2 Å². The van der Waals surface area contributed by atoms with Crippen LogP contribution in [0.3, 0.4) is 0 Å². The highest BCUT2D eigenvalue weighted by Gasteiger charge is 2.07. The molecule has 0 saturated carbocycles. The number of benzene rings is 2. The van der Waals surface area contributed by atoms with Crippen LogP contribution in [0.25, 0.3) is 0 Å². The van der Waals surface area contributed by atoms with Gasteiger partial charge in [-0.25, -0.2) is 0 Å². The van der Waals surface area contributed by atoms with E-state index < -0.39 is 0 Å². The summed E-state index contributed by atoms with van der Waals surface area (Å²) in [5.74, 6) is 3.61. The van der Waals surface area contributed by atoms with Crippen LogP contribution in [0.15, 0.2) is 42.5 Å². The zero-order valence-corrected chi connectivity index (χ0v) is 16.5. The second-order valence-electron chi connectivity index (χ2n) is 6.05. The van der Waals surface area contributed by atoms with Crippen molar-refractivity contribution in [1.82, 2.24) is 0 Å². The van der Waals surface area contributed by atoms with Gasteiger partial charge in [-0.3, -0.25) is 4.79 Å². The summed E-state index contributed by atoms with van der Waals surface area (Å²) in [5, 5.41) is 3.03. The maximum Gasteiger partial charge on any atom is 0.224 e. The minimum atomic E-state index is 0.0810. The largest absolute Gasteiger partial charge is 0.497 e. The number of amides is 1. The number of hydrogen-bond acceptors (Lipinski definition) is 4. The van der Waals surface area contributed by atoms with Gasteiger partial charge in [-0.2, -0.15) is 11.8 Å². The van der Waals surface area contributed by atoms with Gasteiger partial charge in [0, 0.05) is 17.9 Å². The lowest BCUT2D eigenvalue weighted by atomic mass is 10.1. The van der Waals surface area contributed by atoms with Crippen LogP contribution in [0.2, 0.25) is 0 Å². The third-order valence-electron chi connectivity index (χ3n) is 3.99. The first kappa shape index (κ1) is 20.2. The number of para-hydroxylation sites is 1. The first-order chi connectivity index (χ1) is 12.6. The number of anilines is 1. The number of rotatable bonds is 10. The van der Waals surface area contributed by atoms with Crippen LogP contribution in [0, 0.1) is 13.8 Å². The number of thioether (sulfide) groups is 1. The number of hydrogen-bond donors (Lipinski definition) is 1. The summed E-state index contributed by atoms with van der Waals surface area (Å²) in [5.41, 5.74) is 3.14. The zero-order chi connectivity index (χ0) is 18.8. The molecule has 0 bridgehead atoms. The topological polar surface area (TPSA) is 47.6 Å². The second-order valence-corrected chi connectivity index (χ2v) is 7.28. The monoisotopic (exact) mass is 373 g/mol. The fourth-order valence-electron chi connectivity index (χ4n) is 2.54. The van der Waals surface area contributed by atoms with Crippen molar-refractivity contribution in [1.29, 1.82) is 0 Å². The quantitative estimate of drug-likeness (QED) is 0.605. The van der Waals surface area contributed by atoms with E-state index in [0.717, 1.165) is 46.2 Å². The molecule has 1 amide bonds. The van der Waals surface area contributed by atoms with Crippen molar-refractivity contribution < 1.29 is 14.3 Å². The molecule has 0 heterocycles. The zero-order valence-electron chi connectivity index (χ0n) is 15.7. The third kappa shape index (κ3) is 6.64. The van der Waals surface area contributed by atoms with Crippen LogP contribution >= 0.6 is 11.8 Å². The molecular formula is C21H27NO3S. The lowest BCUT2D eigenvalue weighted by Gasteiger charge is -2.11. The number of nitrogens with one attached hydrogen (secondary N) is 1. The van der Waals surface area contributed by atoms with E-state index in [0.29, 0.717) is 13.0 Å². The van der Waals surface area contributed by atoms with Crippen LogP contribution in [-0.4, -0.2) is 31.1 Å². The van der Waals surface area contributed by atoms with Gasteiger partial charge in [0.25, 0.3) is 0 Å². The molecule has 0 atom stereocenters. The molecule has 4 nitrogen and oxygen atoms in total. The molecule has 140 valence electrons. The Hall–Kier alpha value is -2.14. The molecule has 0 fully saturated rings. The first-order valence-electron chi connectivity index (χ1n) is 8.81. The van der Waals surface area contributed by atoms with Crippen LogP contribution in [0.1, 0.15) is 24.0 Å². The molecule has 0 spiro atoms. The minimum Gasteiger partial charge on any atom is -0.497 e. The average molecular weight is 374 g/mol. The fraction of sp³-hybridized carbons (Fsp3) is 0.381. The summed E-state index contributed by atoms with van der Waals surface area (Å²) >= 11 is 1.81. The van der Waals surface area contributed by atoms with E-state index >= 15 is 0 Å². The van der Waals surface area contributed by atoms with Gasteiger partial charge in [0.05, 0.1) is 13.7 Å². The Labute approximate surface area is 160 Å². The summed E-state index contributed by atoms with van der Waals surface area (Å²) in [4.78, 5) is 12.1. The van der Waals surface area contributed by atoms with Crippen LogP contribution in [-0.2, 0) is 4.79 Å². The Bertz CT molecular complexity index is 681. The summed E-state index contributed by atoms with van der Waals surface area (Å²) in [6.07, 6.45) is 1.41. The summed E-state index contributed by atoms with van der Waals surface area (Å²) in [6.45, 7) is 4.69. The van der Waals surface area contributed by atoms with Crippen molar-refractivity contribution in [3.05, 3.63) is 53.6 Å². The molecule has 2 aromatic carbocycles. The van der Waals surface area contributed by atoms with E-state index in [2.05, 4.69) is 5.32 Å². The Kier molecular flexibility index (Phi) is 8.35. The van der Waals surface area contributed by atoms with Crippen LogP contribution in [0.4, 0.5) is 5.69 Å². The molecule has 5 heteroatoms. The van der Waals surface area contributed by atoms with Crippen LogP contribution < -0.4 is 14.8 Å². The predicted octanol–water partition coefficient (Wildman–Crippen LogP) is 4.84. The van der Waals surface area contributed by atoms with Crippen molar-refractivity contribution in [3.63, 3.8) is 0 Å². The van der Waals surface area contributed by atoms with Crippen molar-refractivity contribution in [2.75, 3.05) is 30.5 Å². The highest BCUT2D eigenvalue weighted by Crippen LogP contribution is 2.20. The van der Waals surface area contributed by atoms with E-state index in [1.165, 1.54) is 0 Å². The third-order valence-corrected chi connectivity index (χ3v) is 5.03. The number of ether oxygens (including phenoxy) is 2. The van der Waals surface area contributed by atoms with Crippen molar-refractivity contribution >= 4 is 23.4 Å². The van der Waals surface area contributed by atoms with Gasteiger partial charge in [-0.05, 0) is 61.4 Å². The predicted molar refractivity (Wildman–Crippen MR) is 110 cm³/mol. The standard InChI is InChI=1S/C21H27NO3S/c1-16-6-4-7-17(2)21(16)22-20(23)8-5-14-26-15-13-25-19-11-9-18(24-3)10-12-19/h4,6-7,9-12H,5,8,13-15H2,1-3H3,(H,22,23). The van der Waals surface area contributed by atoms with Crippen molar-refractivity contribution in [3.8, 4) is 11.5 Å². The number of methoxy groups -OCH3 is 1. The normalized spacial score (nSPS) is 10.4. The average Bonchev–Trinajstić information content (AvgIpc) is 2.64. The first-order valence-corrected chi connectivity index (χ1v) is 9.96. The van der Waals surface area contributed by atoms with Crippen molar-refractivity contribution in [2.24, 2.45) is 0 Å². The maximum atomic E-state index is 12.1. The van der Waals surface area contributed by atoms with E-state index in [4.69, 9.17) is 9.47 Å². The summed E-state index contributed by atoms with van der Waals surface area (Å²) in [7, 11) is 1.65. The summed E-state index contributed by atoms with van der Waals surface area (Å²) in [6, 6.07) is 13.6. The number of carbonyl (C=O) groups excluding carboxylic acids is 1. The maximum absolute atomic E-state index is 12.1. The van der Waals surface area contributed by atoms with Gasteiger partial charge < -0.3 is 14.8 Å². The molecule has 2 rings (SSSR count). The van der Waals surface area contributed by atoms with Gasteiger partial charge in [0.2, 0.25) is 5.91 Å². The molecule has 2 aromatic rings. The van der Waals surface area contributed by atoms with E-state index in [-0.39, 0.29) is 5.91 Å². The van der Waals surface area contributed by atoms with E-state index in [1.54, 1.807) is 18.9 Å². The van der Waals surface area contributed by atoms with E-state index in [1.807, 2.05) is 56.3 Å². The lowest BCUT2D eigenvalue weighted by molar-refractivity contribution is -0.116. The molecule has 0 saturated heterocycles. The van der Waals surface area contributed by atoms with E-state index in [9.17, 15) is 4.79 Å². The lowest BCUT2D eigenvalue weighted by Crippen LogP contribution is -2.13. The molecular weight excluding hydrogens is 346 g/mol. The molecule has 0 aliphatic rings. The Balaban J connectivity index is 1.56. The highest BCUT2D eigenvalue weighted by atomic mass is 32.2. The molecule has 0 unspecified atom stereocenters. The second kappa shape index (κ2) is 10.8. The van der Waals surface area contributed by atoms with Crippen molar-refractivity contribution in [2.45, 2.75) is 26.7 Å². The SMILES string of the molecule is COc1ccc(OCCSCCCC(=O)Nc2c(C)cccc2C)cc1. The highest BCUT2D eigenvalue weighted by molar-refractivity contribution is 7.99. The minimum absolute atomic E-state index is 0.0810. The number of aryl methyl sites for hydroxylation is 2. The molecule has 0 aromatic heterocycles. The van der Waals surface area contributed by atoms with Gasteiger partial charge in [0.15, 0.2) is 0 Å². The molecule has 0 aliphatic carbocycles. The fourth-order valence-corrected chi connectivity index (χ4v) is 3.29. The summed E-state index contributed by atoms with van der Waals surface area (Å²) < 4.78 is 10.8. The Morgan fingerprint density at radius 2 is 1.65 bits per heavy atom. The van der Waals surface area contributed by atoms with Gasteiger partial charge in [-0.15, -0.1) is 0 Å². The Morgan fingerprint density at radius 1 is 1.00 bits per heavy atom. The number of carbonyl (C=O) groups is 1. The Morgan fingerprint density at radius 3 is 2.31 bits per heavy atom.